The van der Waals surface area contributed by atoms with Gasteiger partial charge in [-0.15, -0.1) is 0 Å². The van der Waals surface area contributed by atoms with Gasteiger partial charge in [0, 0.05) is 5.69 Å². The lowest BCUT2D eigenvalue weighted by atomic mass is 10.1. The molecule has 0 bridgehead atoms. The minimum Gasteiger partial charge on any atom is -0.497 e. The lowest BCUT2D eigenvalue weighted by Crippen LogP contribution is -2.45. The fourth-order valence-corrected chi connectivity index (χ4v) is 4.27. The van der Waals surface area contributed by atoms with Crippen LogP contribution in [0.1, 0.15) is 12.5 Å². The van der Waals surface area contributed by atoms with Crippen molar-refractivity contribution in [2.24, 2.45) is 0 Å². The van der Waals surface area contributed by atoms with Crippen molar-refractivity contribution in [3.8, 4) is 11.5 Å². The number of ether oxygens (including phenoxy) is 2. The summed E-state index contributed by atoms with van der Waals surface area (Å²) in [5.74, 6) is 0.762. The van der Waals surface area contributed by atoms with Crippen LogP contribution < -0.4 is 19.5 Å². The molecule has 0 aliphatic rings. The minimum atomic E-state index is -3.95. The van der Waals surface area contributed by atoms with E-state index in [0.717, 1.165) is 5.56 Å². The predicted octanol–water partition coefficient (Wildman–Crippen LogP) is 3.62. The lowest BCUT2D eigenvalue weighted by Gasteiger charge is -2.19. The van der Waals surface area contributed by atoms with Crippen LogP contribution in [-0.2, 0) is 21.2 Å². The molecule has 8 heteroatoms. The Morgan fingerprint density at radius 1 is 0.906 bits per heavy atom. The average molecular weight is 455 g/mol. The molecule has 0 saturated carbocycles. The summed E-state index contributed by atoms with van der Waals surface area (Å²) in [6.07, 6.45) is 0.194. The van der Waals surface area contributed by atoms with Crippen molar-refractivity contribution >= 4 is 21.6 Å². The number of sulfonamides is 1. The molecule has 1 amide bonds. The van der Waals surface area contributed by atoms with Gasteiger partial charge < -0.3 is 14.8 Å². The number of hydrogen-bond acceptors (Lipinski definition) is 5. The summed E-state index contributed by atoms with van der Waals surface area (Å²) < 4.78 is 39.0. The smallest absolute Gasteiger partial charge is 0.242 e. The zero-order valence-corrected chi connectivity index (χ0v) is 18.8. The van der Waals surface area contributed by atoms with Gasteiger partial charge in [0.2, 0.25) is 15.9 Å². The second kappa shape index (κ2) is 10.8. The standard InChI is InChI=1S/C24H26N2O5S/c1-3-31-21-13-15-22(16-14-21)32(28,29)26-23(17-18-7-5-4-6-8-18)24(27)25-19-9-11-20(30-2)12-10-19/h4-16,23,26H,3,17H2,1-2H3,(H,25,27)/t23-/m1/s1. The fourth-order valence-electron chi connectivity index (χ4n) is 3.08. The molecule has 0 aliphatic heterocycles. The van der Waals surface area contributed by atoms with Crippen molar-refractivity contribution in [1.29, 1.82) is 0 Å². The topological polar surface area (TPSA) is 93.7 Å². The Labute approximate surface area is 188 Å². The van der Waals surface area contributed by atoms with Gasteiger partial charge in [0.1, 0.15) is 17.5 Å². The summed E-state index contributed by atoms with van der Waals surface area (Å²) in [6, 6.07) is 21.1. The Morgan fingerprint density at radius 3 is 2.12 bits per heavy atom. The van der Waals surface area contributed by atoms with Crippen LogP contribution in [0.15, 0.2) is 83.8 Å². The first-order chi connectivity index (χ1) is 15.4. The molecule has 0 unspecified atom stereocenters. The highest BCUT2D eigenvalue weighted by atomic mass is 32.2. The van der Waals surface area contributed by atoms with E-state index < -0.39 is 22.0 Å². The molecule has 0 heterocycles. The van der Waals surface area contributed by atoms with Crippen molar-refractivity contribution in [2.45, 2.75) is 24.3 Å². The van der Waals surface area contributed by atoms with Crippen molar-refractivity contribution in [2.75, 3.05) is 19.0 Å². The lowest BCUT2D eigenvalue weighted by molar-refractivity contribution is -0.117. The number of anilines is 1. The number of amides is 1. The molecule has 3 aromatic carbocycles. The summed E-state index contributed by atoms with van der Waals surface area (Å²) >= 11 is 0. The van der Waals surface area contributed by atoms with Gasteiger partial charge in [-0.1, -0.05) is 30.3 Å². The zero-order chi connectivity index (χ0) is 23.0. The maximum Gasteiger partial charge on any atom is 0.242 e. The molecule has 0 radical (unpaired) electrons. The Hall–Kier alpha value is -3.36. The molecule has 2 N–H and O–H groups in total. The first-order valence-corrected chi connectivity index (χ1v) is 11.6. The molecule has 1 atom stereocenters. The molecule has 3 rings (SSSR count). The fraction of sp³-hybridized carbons (Fsp3) is 0.208. The quantitative estimate of drug-likeness (QED) is 0.488. The molecule has 0 aliphatic carbocycles. The van der Waals surface area contributed by atoms with E-state index in [1.54, 1.807) is 43.5 Å². The highest BCUT2D eigenvalue weighted by Crippen LogP contribution is 2.18. The molecular formula is C24H26N2O5S. The molecule has 0 spiro atoms. The summed E-state index contributed by atoms with van der Waals surface area (Å²) in [4.78, 5) is 13.1. The van der Waals surface area contributed by atoms with Gasteiger partial charge >= 0.3 is 0 Å². The zero-order valence-electron chi connectivity index (χ0n) is 17.9. The molecule has 3 aromatic rings. The van der Waals surface area contributed by atoms with E-state index in [1.807, 2.05) is 37.3 Å². The summed E-state index contributed by atoms with van der Waals surface area (Å²) in [6.45, 7) is 2.33. The van der Waals surface area contributed by atoms with Gasteiger partial charge in [-0.2, -0.15) is 4.72 Å². The van der Waals surface area contributed by atoms with Gasteiger partial charge in [0.15, 0.2) is 0 Å². The molecule has 0 aromatic heterocycles. The molecule has 7 nitrogen and oxygen atoms in total. The molecule has 0 saturated heterocycles. The van der Waals surface area contributed by atoms with Crippen LogP contribution in [0.25, 0.3) is 0 Å². The Morgan fingerprint density at radius 2 is 1.53 bits per heavy atom. The van der Waals surface area contributed by atoms with Gasteiger partial charge in [-0.05, 0) is 67.4 Å². The third kappa shape index (κ3) is 6.32. The first kappa shape index (κ1) is 23.3. The maximum atomic E-state index is 13.0. The highest BCUT2D eigenvalue weighted by Gasteiger charge is 2.26. The number of nitrogens with one attached hydrogen (secondary N) is 2. The second-order valence-electron chi connectivity index (χ2n) is 6.99. The summed E-state index contributed by atoms with van der Waals surface area (Å²) in [5, 5.41) is 2.77. The minimum absolute atomic E-state index is 0.0521. The SMILES string of the molecule is CCOc1ccc(S(=O)(=O)N[C@H](Cc2ccccc2)C(=O)Nc2ccc(OC)cc2)cc1. The van der Waals surface area contributed by atoms with Gasteiger partial charge in [0.05, 0.1) is 18.6 Å². The van der Waals surface area contributed by atoms with Gasteiger partial charge in [0.25, 0.3) is 0 Å². The van der Waals surface area contributed by atoms with E-state index in [2.05, 4.69) is 10.0 Å². The number of carbonyl (C=O) groups excluding carboxylic acids is 1. The largest absolute Gasteiger partial charge is 0.497 e. The highest BCUT2D eigenvalue weighted by molar-refractivity contribution is 7.89. The van der Waals surface area contributed by atoms with Crippen LogP contribution in [0.4, 0.5) is 5.69 Å². The van der Waals surface area contributed by atoms with Crippen molar-refractivity contribution in [3.05, 3.63) is 84.4 Å². The number of methoxy groups -OCH3 is 1. The monoisotopic (exact) mass is 454 g/mol. The van der Waals surface area contributed by atoms with Crippen LogP contribution in [-0.4, -0.2) is 34.1 Å². The number of benzene rings is 3. The maximum absolute atomic E-state index is 13.0. The normalized spacial score (nSPS) is 12.1. The number of carbonyl (C=O) groups is 1. The van der Waals surface area contributed by atoms with E-state index in [9.17, 15) is 13.2 Å². The molecule has 0 fully saturated rings. The van der Waals surface area contributed by atoms with Gasteiger partial charge in [-0.3, -0.25) is 4.79 Å². The summed E-state index contributed by atoms with van der Waals surface area (Å²) in [7, 11) is -2.39. The molecular weight excluding hydrogens is 428 g/mol. The molecule has 32 heavy (non-hydrogen) atoms. The Bertz CT molecular complexity index is 1120. The van der Waals surface area contributed by atoms with Crippen LogP contribution in [0.5, 0.6) is 11.5 Å². The third-order valence-corrected chi connectivity index (χ3v) is 6.19. The van der Waals surface area contributed by atoms with Gasteiger partial charge in [-0.25, -0.2) is 8.42 Å². The van der Waals surface area contributed by atoms with Crippen LogP contribution >= 0.6 is 0 Å². The summed E-state index contributed by atoms with van der Waals surface area (Å²) in [5.41, 5.74) is 1.37. The average Bonchev–Trinajstić information content (AvgIpc) is 2.80. The van der Waals surface area contributed by atoms with E-state index in [-0.39, 0.29) is 11.3 Å². The van der Waals surface area contributed by atoms with Crippen LogP contribution in [0.2, 0.25) is 0 Å². The van der Waals surface area contributed by atoms with E-state index in [0.29, 0.717) is 23.8 Å². The van der Waals surface area contributed by atoms with E-state index >= 15 is 0 Å². The van der Waals surface area contributed by atoms with Crippen LogP contribution in [0, 0.1) is 0 Å². The van der Waals surface area contributed by atoms with Crippen molar-refractivity contribution < 1.29 is 22.7 Å². The second-order valence-corrected chi connectivity index (χ2v) is 8.70. The first-order valence-electron chi connectivity index (χ1n) is 10.2. The van der Waals surface area contributed by atoms with E-state index in [1.165, 1.54) is 12.1 Å². The van der Waals surface area contributed by atoms with Crippen molar-refractivity contribution in [1.82, 2.24) is 4.72 Å². The Kier molecular flexibility index (Phi) is 7.86. The predicted molar refractivity (Wildman–Crippen MR) is 123 cm³/mol. The van der Waals surface area contributed by atoms with E-state index in [4.69, 9.17) is 9.47 Å². The number of rotatable bonds is 10. The molecule has 168 valence electrons. The number of hydrogen-bond donors (Lipinski definition) is 2. The third-order valence-electron chi connectivity index (χ3n) is 4.70. The van der Waals surface area contributed by atoms with Crippen LogP contribution in [0.3, 0.4) is 0 Å². The Balaban J connectivity index is 1.81. The van der Waals surface area contributed by atoms with Crippen molar-refractivity contribution in [3.63, 3.8) is 0 Å².